The summed E-state index contributed by atoms with van der Waals surface area (Å²) in [6.07, 6.45) is 7.08. The second-order valence-electron chi connectivity index (χ2n) is 4.95. The van der Waals surface area contributed by atoms with Gasteiger partial charge >= 0.3 is 0 Å². The summed E-state index contributed by atoms with van der Waals surface area (Å²) in [5, 5.41) is 7.64. The molecule has 0 aliphatic carbocycles. The summed E-state index contributed by atoms with van der Waals surface area (Å²) in [5.41, 5.74) is 2.88. The fourth-order valence-corrected chi connectivity index (χ4v) is 2.56. The van der Waals surface area contributed by atoms with Crippen LogP contribution in [0.2, 0.25) is 0 Å². The molecule has 21 heavy (non-hydrogen) atoms. The van der Waals surface area contributed by atoms with Crippen LogP contribution in [0.25, 0.3) is 16.8 Å². The third kappa shape index (κ3) is 2.21. The molecule has 0 amide bonds. The van der Waals surface area contributed by atoms with Crippen LogP contribution in [-0.2, 0) is 0 Å². The quantitative estimate of drug-likeness (QED) is 0.741. The molecule has 106 valence electrons. The van der Waals surface area contributed by atoms with Gasteiger partial charge in [-0.05, 0) is 12.1 Å². The van der Waals surface area contributed by atoms with Gasteiger partial charge in [-0.15, -0.1) is 0 Å². The molecule has 4 heterocycles. The second-order valence-corrected chi connectivity index (χ2v) is 4.95. The highest BCUT2D eigenvalue weighted by Crippen LogP contribution is 2.23. The van der Waals surface area contributed by atoms with Crippen molar-refractivity contribution in [1.29, 1.82) is 0 Å². The van der Waals surface area contributed by atoms with E-state index in [0.29, 0.717) is 0 Å². The van der Waals surface area contributed by atoms with Crippen LogP contribution < -0.4 is 10.2 Å². The number of fused-ring (bicyclic) bond motifs is 1. The zero-order valence-corrected chi connectivity index (χ0v) is 11.5. The number of piperazine rings is 1. The monoisotopic (exact) mass is 281 g/mol. The van der Waals surface area contributed by atoms with Crippen molar-refractivity contribution >= 4 is 11.5 Å². The van der Waals surface area contributed by atoms with Gasteiger partial charge in [-0.2, -0.15) is 5.10 Å². The minimum atomic E-state index is 0.780. The first kappa shape index (κ1) is 12.2. The Balaban J connectivity index is 1.75. The average Bonchev–Trinajstić information content (AvgIpc) is 3.00. The van der Waals surface area contributed by atoms with Gasteiger partial charge in [0.25, 0.3) is 0 Å². The third-order valence-electron chi connectivity index (χ3n) is 3.65. The van der Waals surface area contributed by atoms with E-state index in [-0.39, 0.29) is 0 Å². The molecule has 0 spiro atoms. The lowest BCUT2D eigenvalue weighted by Gasteiger charge is -2.27. The van der Waals surface area contributed by atoms with Crippen molar-refractivity contribution in [3.63, 3.8) is 0 Å². The van der Waals surface area contributed by atoms with Crippen LogP contribution in [0.3, 0.4) is 0 Å². The fraction of sp³-hybridized carbons (Fsp3) is 0.286. The van der Waals surface area contributed by atoms with Crippen molar-refractivity contribution < 1.29 is 0 Å². The van der Waals surface area contributed by atoms with E-state index < -0.39 is 0 Å². The Morgan fingerprint density at radius 3 is 2.90 bits per heavy atom. The standard InChI is InChI=1S/C14H15N7/c1-4-17-14(20-7-5-15-6-8-20)19-12(1)11-9-18-21-10-16-3-2-13(11)21/h1-4,9-10,15H,5-8H2. The van der Waals surface area contributed by atoms with Crippen LogP contribution in [0.4, 0.5) is 5.95 Å². The number of hydrogen-bond donors (Lipinski definition) is 1. The first-order valence-corrected chi connectivity index (χ1v) is 6.98. The number of aromatic nitrogens is 5. The first-order chi connectivity index (χ1) is 10.4. The molecule has 0 aromatic carbocycles. The molecule has 3 aromatic heterocycles. The maximum Gasteiger partial charge on any atom is 0.225 e. The van der Waals surface area contributed by atoms with Gasteiger partial charge < -0.3 is 10.2 Å². The molecule has 1 N–H and O–H groups in total. The van der Waals surface area contributed by atoms with Crippen LogP contribution in [0.15, 0.2) is 37.1 Å². The molecular formula is C14H15N7. The van der Waals surface area contributed by atoms with Crippen molar-refractivity contribution in [1.82, 2.24) is 29.9 Å². The van der Waals surface area contributed by atoms with Gasteiger partial charge in [0, 0.05) is 44.1 Å². The summed E-state index contributed by atoms with van der Waals surface area (Å²) in [4.78, 5) is 15.4. The molecule has 0 radical (unpaired) electrons. The normalized spacial score (nSPS) is 15.5. The topological polar surface area (TPSA) is 71.2 Å². The molecule has 7 heteroatoms. The smallest absolute Gasteiger partial charge is 0.225 e. The van der Waals surface area contributed by atoms with Gasteiger partial charge in [-0.25, -0.2) is 19.5 Å². The van der Waals surface area contributed by atoms with Gasteiger partial charge in [-0.3, -0.25) is 0 Å². The number of anilines is 1. The summed E-state index contributed by atoms with van der Waals surface area (Å²) < 4.78 is 1.75. The summed E-state index contributed by atoms with van der Waals surface area (Å²) in [5.74, 6) is 0.780. The highest BCUT2D eigenvalue weighted by Gasteiger charge is 2.15. The molecule has 4 rings (SSSR count). The third-order valence-corrected chi connectivity index (χ3v) is 3.65. The van der Waals surface area contributed by atoms with Crippen LogP contribution in [0.1, 0.15) is 0 Å². The van der Waals surface area contributed by atoms with Crippen molar-refractivity contribution in [2.24, 2.45) is 0 Å². The van der Waals surface area contributed by atoms with Crippen molar-refractivity contribution in [3.05, 3.63) is 37.1 Å². The number of nitrogens with one attached hydrogen (secondary N) is 1. The molecule has 0 atom stereocenters. The maximum atomic E-state index is 4.70. The summed E-state index contributed by atoms with van der Waals surface area (Å²) >= 11 is 0. The molecule has 1 aliphatic rings. The number of nitrogens with zero attached hydrogens (tertiary/aromatic N) is 6. The van der Waals surface area contributed by atoms with Gasteiger partial charge in [0.1, 0.15) is 6.33 Å². The van der Waals surface area contributed by atoms with Crippen molar-refractivity contribution in [3.8, 4) is 11.3 Å². The zero-order valence-electron chi connectivity index (χ0n) is 11.5. The van der Waals surface area contributed by atoms with E-state index in [4.69, 9.17) is 4.98 Å². The Bertz CT molecular complexity index is 761. The predicted molar refractivity (Wildman–Crippen MR) is 79.1 cm³/mol. The maximum absolute atomic E-state index is 4.70. The lowest BCUT2D eigenvalue weighted by molar-refractivity contribution is 0.580. The summed E-state index contributed by atoms with van der Waals surface area (Å²) in [7, 11) is 0. The molecule has 1 aliphatic heterocycles. The molecule has 7 nitrogen and oxygen atoms in total. The van der Waals surface area contributed by atoms with E-state index in [1.165, 1.54) is 0 Å². The summed E-state index contributed by atoms with van der Waals surface area (Å²) in [6, 6.07) is 3.86. The Morgan fingerprint density at radius 2 is 2.00 bits per heavy atom. The van der Waals surface area contributed by atoms with E-state index in [1.54, 1.807) is 17.0 Å². The Hall–Kier alpha value is -2.54. The highest BCUT2D eigenvalue weighted by atomic mass is 15.3. The Morgan fingerprint density at radius 1 is 1.10 bits per heavy atom. The highest BCUT2D eigenvalue weighted by molar-refractivity contribution is 5.77. The lowest BCUT2D eigenvalue weighted by atomic mass is 10.2. The number of hydrogen-bond acceptors (Lipinski definition) is 6. The molecular weight excluding hydrogens is 266 g/mol. The molecule has 0 bridgehead atoms. The SMILES string of the molecule is c1cc2c(-c3ccnc(N4CCNCC4)n3)cnn2cn1. The largest absolute Gasteiger partial charge is 0.338 e. The van der Waals surface area contributed by atoms with E-state index in [2.05, 4.69) is 25.3 Å². The van der Waals surface area contributed by atoms with Gasteiger partial charge in [0.05, 0.1) is 17.4 Å². The van der Waals surface area contributed by atoms with E-state index in [0.717, 1.165) is 48.9 Å². The zero-order chi connectivity index (χ0) is 14.1. The Labute approximate surface area is 121 Å². The average molecular weight is 281 g/mol. The molecule has 3 aromatic rings. The predicted octanol–water partition coefficient (Wildman–Crippen LogP) is 0.596. The van der Waals surface area contributed by atoms with Gasteiger partial charge in [-0.1, -0.05) is 0 Å². The Kier molecular flexibility index (Phi) is 2.97. The second kappa shape index (κ2) is 5.10. The molecule has 0 unspecified atom stereocenters. The van der Waals surface area contributed by atoms with E-state index in [9.17, 15) is 0 Å². The van der Waals surface area contributed by atoms with Crippen LogP contribution in [0.5, 0.6) is 0 Å². The lowest BCUT2D eigenvalue weighted by Crippen LogP contribution is -2.44. The van der Waals surface area contributed by atoms with Crippen LogP contribution in [0, 0.1) is 0 Å². The van der Waals surface area contributed by atoms with Gasteiger partial charge in [0.2, 0.25) is 5.95 Å². The van der Waals surface area contributed by atoms with Crippen LogP contribution in [-0.4, -0.2) is 50.7 Å². The van der Waals surface area contributed by atoms with E-state index in [1.807, 2.05) is 24.5 Å². The molecule has 0 saturated carbocycles. The molecule has 1 fully saturated rings. The van der Waals surface area contributed by atoms with Gasteiger partial charge in [0.15, 0.2) is 0 Å². The number of rotatable bonds is 2. The van der Waals surface area contributed by atoms with Crippen LogP contribution >= 0.6 is 0 Å². The minimum Gasteiger partial charge on any atom is -0.338 e. The van der Waals surface area contributed by atoms with Crippen molar-refractivity contribution in [2.75, 3.05) is 31.1 Å². The van der Waals surface area contributed by atoms with Crippen molar-refractivity contribution in [2.45, 2.75) is 0 Å². The summed E-state index contributed by atoms with van der Waals surface area (Å²) in [6.45, 7) is 3.80. The minimum absolute atomic E-state index is 0.780. The first-order valence-electron chi connectivity index (χ1n) is 6.98. The fourth-order valence-electron chi connectivity index (χ4n) is 2.56. The van der Waals surface area contributed by atoms with E-state index >= 15 is 0 Å². The molecule has 1 saturated heterocycles.